The predicted octanol–water partition coefficient (Wildman–Crippen LogP) is 3.74. The molecular weight excluding hydrogens is 438 g/mol. The molecule has 3 aromatic rings. The van der Waals surface area contributed by atoms with Crippen molar-refractivity contribution in [2.24, 2.45) is 0 Å². The van der Waals surface area contributed by atoms with Gasteiger partial charge in [-0.1, -0.05) is 42.8 Å². The zero-order chi connectivity index (χ0) is 21.9. The van der Waals surface area contributed by atoms with Crippen LogP contribution in [0.2, 0.25) is 5.02 Å². The average molecular weight is 458 g/mol. The molecule has 6 nitrogen and oxygen atoms in total. The zero-order valence-electron chi connectivity index (χ0n) is 16.8. The topological polar surface area (TPSA) is 84.7 Å². The molecule has 0 N–H and O–H groups in total. The zero-order valence-corrected chi connectivity index (χ0v) is 18.4. The van der Waals surface area contributed by atoms with E-state index >= 15 is 0 Å². The second kappa shape index (κ2) is 7.21. The number of amides is 1. The van der Waals surface area contributed by atoms with E-state index in [2.05, 4.69) is 0 Å². The Morgan fingerprint density at radius 1 is 1.13 bits per heavy atom. The van der Waals surface area contributed by atoms with E-state index in [1.165, 1.54) is 11.0 Å². The average Bonchev–Trinajstić information content (AvgIpc) is 3.25. The van der Waals surface area contributed by atoms with Crippen molar-refractivity contribution in [3.63, 3.8) is 0 Å². The summed E-state index contributed by atoms with van der Waals surface area (Å²) >= 11 is 6.10. The molecule has 5 rings (SSSR count). The van der Waals surface area contributed by atoms with E-state index in [4.69, 9.17) is 16.0 Å². The molecule has 2 aliphatic rings. The first-order valence-electron chi connectivity index (χ1n) is 10.2. The Bertz CT molecular complexity index is 1380. The number of halogens is 1. The molecule has 1 amide bonds. The van der Waals surface area contributed by atoms with Gasteiger partial charge < -0.3 is 9.32 Å². The molecule has 1 saturated heterocycles. The maximum atomic E-state index is 13.5. The molecule has 1 aromatic heterocycles. The predicted molar refractivity (Wildman–Crippen MR) is 118 cm³/mol. The molecule has 160 valence electrons. The monoisotopic (exact) mass is 457 g/mol. The third-order valence-corrected chi connectivity index (χ3v) is 8.16. The van der Waals surface area contributed by atoms with Crippen molar-refractivity contribution in [2.75, 3.05) is 11.5 Å². The molecule has 0 aliphatic carbocycles. The first-order valence-corrected chi connectivity index (χ1v) is 12.4. The minimum absolute atomic E-state index is 0.0197. The molecule has 0 bridgehead atoms. The summed E-state index contributed by atoms with van der Waals surface area (Å²) in [5.74, 6) is -0.557. The van der Waals surface area contributed by atoms with Crippen LogP contribution in [0.3, 0.4) is 0 Å². The minimum Gasteiger partial charge on any atom is -0.450 e. The first-order chi connectivity index (χ1) is 14.8. The number of carbonyl (C=O) groups excluding carboxylic acids is 1. The number of hydrogen-bond acceptors (Lipinski definition) is 5. The lowest BCUT2D eigenvalue weighted by atomic mass is 9.96. The Balaban J connectivity index is 1.75. The van der Waals surface area contributed by atoms with Gasteiger partial charge in [-0.25, -0.2) is 8.42 Å². The van der Waals surface area contributed by atoms with E-state index < -0.39 is 27.8 Å². The first kappa shape index (κ1) is 20.3. The van der Waals surface area contributed by atoms with Gasteiger partial charge in [0.2, 0.25) is 5.76 Å². The van der Waals surface area contributed by atoms with Gasteiger partial charge in [-0.2, -0.15) is 0 Å². The van der Waals surface area contributed by atoms with E-state index in [0.717, 1.165) is 17.5 Å². The number of fused-ring (bicyclic) bond motifs is 2. The number of sulfone groups is 1. The number of benzene rings is 2. The Hall–Kier alpha value is -2.64. The molecule has 2 atom stereocenters. The molecule has 2 unspecified atom stereocenters. The van der Waals surface area contributed by atoms with Crippen LogP contribution in [-0.2, 0) is 16.3 Å². The highest BCUT2D eigenvalue weighted by molar-refractivity contribution is 7.91. The third kappa shape index (κ3) is 3.27. The van der Waals surface area contributed by atoms with Crippen molar-refractivity contribution in [3.8, 4) is 0 Å². The van der Waals surface area contributed by atoms with Crippen LogP contribution in [0, 0.1) is 0 Å². The summed E-state index contributed by atoms with van der Waals surface area (Å²) in [4.78, 5) is 28.5. The van der Waals surface area contributed by atoms with Crippen LogP contribution in [0.15, 0.2) is 51.7 Å². The van der Waals surface area contributed by atoms with Gasteiger partial charge in [-0.05, 0) is 42.2 Å². The van der Waals surface area contributed by atoms with Crippen LogP contribution in [0.5, 0.6) is 0 Å². The second-order valence-electron chi connectivity index (χ2n) is 8.08. The maximum Gasteiger partial charge on any atom is 0.291 e. The van der Waals surface area contributed by atoms with Crippen molar-refractivity contribution < 1.29 is 17.6 Å². The van der Waals surface area contributed by atoms with Crippen LogP contribution in [0.25, 0.3) is 11.0 Å². The van der Waals surface area contributed by atoms with E-state index in [9.17, 15) is 18.0 Å². The van der Waals surface area contributed by atoms with Crippen molar-refractivity contribution in [2.45, 2.75) is 31.8 Å². The lowest BCUT2D eigenvalue weighted by Crippen LogP contribution is -2.40. The maximum absolute atomic E-state index is 13.5. The molecular formula is C23H20ClNO5S. The van der Waals surface area contributed by atoms with Crippen LogP contribution >= 0.6 is 11.6 Å². The number of nitrogens with zero attached hydrogens (tertiary/aromatic N) is 1. The van der Waals surface area contributed by atoms with Gasteiger partial charge in [0.1, 0.15) is 5.58 Å². The molecule has 3 heterocycles. The third-order valence-electron chi connectivity index (χ3n) is 6.17. The molecule has 0 radical (unpaired) electrons. The highest BCUT2D eigenvalue weighted by Gasteiger charge is 2.48. The summed E-state index contributed by atoms with van der Waals surface area (Å²) in [5, 5.41) is 0.696. The fourth-order valence-corrected chi connectivity index (χ4v) is 6.48. The minimum atomic E-state index is -3.23. The fraction of sp³-hybridized carbons (Fsp3) is 0.304. The fourth-order valence-electron chi connectivity index (χ4n) is 4.60. The Labute approximate surface area is 184 Å². The molecule has 31 heavy (non-hydrogen) atoms. The van der Waals surface area contributed by atoms with E-state index in [0.29, 0.717) is 16.8 Å². The van der Waals surface area contributed by atoms with Gasteiger partial charge >= 0.3 is 0 Å². The van der Waals surface area contributed by atoms with Gasteiger partial charge in [0, 0.05) is 11.1 Å². The summed E-state index contributed by atoms with van der Waals surface area (Å²) in [7, 11) is -3.23. The van der Waals surface area contributed by atoms with Crippen molar-refractivity contribution in [1.29, 1.82) is 0 Å². The summed E-state index contributed by atoms with van der Waals surface area (Å²) in [6.45, 7) is 2.05. The molecule has 0 spiro atoms. The number of aryl methyl sites for hydroxylation is 1. The summed E-state index contributed by atoms with van der Waals surface area (Å²) in [5.41, 5.74) is 2.08. The van der Waals surface area contributed by atoms with Gasteiger partial charge in [0.05, 0.1) is 28.5 Å². The summed E-state index contributed by atoms with van der Waals surface area (Å²) in [6, 6.07) is 11.2. The summed E-state index contributed by atoms with van der Waals surface area (Å²) in [6.07, 6.45) is 1.20. The van der Waals surface area contributed by atoms with E-state index in [1.807, 2.05) is 31.2 Å². The van der Waals surface area contributed by atoms with E-state index in [1.54, 1.807) is 12.1 Å². The number of rotatable bonds is 3. The molecule has 1 fully saturated rings. The lowest BCUT2D eigenvalue weighted by Gasteiger charge is -2.30. The highest BCUT2D eigenvalue weighted by atomic mass is 35.5. The van der Waals surface area contributed by atoms with Gasteiger partial charge in [0.25, 0.3) is 5.91 Å². The highest BCUT2D eigenvalue weighted by Crippen LogP contribution is 2.41. The van der Waals surface area contributed by atoms with Gasteiger partial charge in [-0.15, -0.1) is 0 Å². The standard InChI is InChI=1S/C23H20ClNO5S/c1-2-13-3-5-14(6-4-13)20-19-21(26)17-11-15(24)7-8-18(17)30-22(19)23(27)25(20)16-9-10-31(28,29)12-16/h3-8,11,16,20H,2,9-10,12H2,1H3. The van der Waals surface area contributed by atoms with Crippen LogP contribution in [-0.4, -0.2) is 36.8 Å². The number of hydrogen-bond donors (Lipinski definition) is 0. The molecule has 0 saturated carbocycles. The largest absolute Gasteiger partial charge is 0.450 e. The number of carbonyl (C=O) groups is 1. The van der Waals surface area contributed by atoms with Crippen LogP contribution in [0.1, 0.15) is 46.6 Å². The van der Waals surface area contributed by atoms with Crippen molar-refractivity contribution in [3.05, 3.63) is 80.2 Å². The van der Waals surface area contributed by atoms with Crippen LogP contribution < -0.4 is 5.43 Å². The van der Waals surface area contributed by atoms with Gasteiger partial charge in [-0.3, -0.25) is 9.59 Å². The van der Waals surface area contributed by atoms with Crippen molar-refractivity contribution >= 4 is 38.3 Å². The summed E-state index contributed by atoms with van der Waals surface area (Å²) < 4.78 is 30.2. The van der Waals surface area contributed by atoms with Gasteiger partial charge in [0.15, 0.2) is 15.3 Å². The normalized spacial score (nSPS) is 22.3. The quantitative estimate of drug-likeness (QED) is 0.598. The Morgan fingerprint density at radius 2 is 1.87 bits per heavy atom. The lowest BCUT2D eigenvalue weighted by molar-refractivity contribution is 0.0662. The molecule has 8 heteroatoms. The molecule has 2 aromatic carbocycles. The molecule has 2 aliphatic heterocycles. The van der Waals surface area contributed by atoms with E-state index in [-0.39, 0.29) is 33.8 Å². The Kier molecular flexibility index (Phi) is 4.71. The smallest absolute Gasteiger partial charge is 0.291 e. The Morgan fingerprint density at radius 3 is 2.52 bits per heavy atom. The SMILES string of the molecule is CCc1ccc(C2c3c(oc4ccc(Cl)cc4c3=O)C(=O)N2C2CCS(=O)(=O)C2)cc1. The van der Waals surface area contributed by atoms with Crippen molar-refractivity contribution in [1.82, 2.24) is 4.90 Å². The second-order valence-corrected chi connectivity index (χ2v) is 10.7. The van der Waals surface area contributed by atoms with Crippen LogP contribution in [0.4, 0.5) is 0 Å².